The van der Waals surface area contributed by atoms with E-state index in [4.69, 9.17) is 11.6 Å². The van der Waals surface area contributed by atoms with Crippen molar-refractivity contribution in [3.8, 4) is 0 Å². The topological polar surface area (TPSA) is 74.3 Å². The molecule has 1 aliphatic heterocycles. The predicted octanol–water partition coefficient (Wildman–Crippen LogP) is 5.59. The SMILES string of the molecule is CC(C)(C)C(=O)Nc1cccc(NC(=O)C2CCN(c3ncc(C(F)(F)F)cc3Cl)CC2)c1. The van der Waals surface area contributed by atoms with Crippen LogP contribution in [-0.4, -0.2) is 29.9 Å². The summed E-state index contributed by atoms with van der Waals surface area (Å²) >= 11 is 6.04. The normalized spacial score (nSPS) is 15.3. The molecule has 1 aromatic heterocycles. The van der Waals surface area contributed by atoms with Crippen LogP contribution in [0.1, 0.15) is 39.2 Å². The van der Waals surface area contributed by atoms with Crippen LogP contribution in [0.4, 0.5) is 30.4 Å². The second kappa shape index (κ2) is 9.59. The highest BCUT2D eigenvalue weighted by molar-refractivity contribution is 6.33. The molecule has 3 rings (SSSR count). The van der Waals surface area contributed by atoms with Crippen LogP contribution in [0.5, 0.6) is 0 Å². The number of amides is 2. The van der Waals surface area contributed by atoms with E-state index in [-0.39, 0.29) is 28.6 Å². The number of aromatic nitrogens is 1. The smallest absolute Gasteiger partial charge is 0.355 e. The molecule has 2 amide bonds. The van der Waals surface area contributed by atoms with Crippen molar-refractivity contribution in [3.63, 3.8) is 0 Å². The Morgan fingerprint density at radius 2 is 1.67 bits per heavy atom. The first-order chi connectivity index (χ1) is 15.3. The summed E-state index contributed by atoms with van der Waals surface area (Å²) in [5, 5.41) is 5.64. The molecule has 0 spiro atoms. The molecule has 6 nitrogen and oxygen atoms in total. The molecule has 2 N–H and O–H groups in total. The van der Waals surface area contributed by atoms with E-state index in [2.05, 4.69) is 15.6 Å². The van der Waals surface area contributed by atoms with Gasteiger partial charge in [-0.2, -0.15) is 13.2 Å². The summed E-state index contributed by atoms with van der Waals surface area (Å²) in [5.74, 6) is -0.262. The number of hydrogen-bond acceptors (Lipinski definition) is 4. The van der Waals surface area contributed by atoms with Gasteiger partial charge in [-0.1, -0.05) is 38.4 Å². The van der Waals surface area contributed by atoms with E-state index in [1.54, 1.807) is 29.2 Å². The Morgan fingerprint density at radius 3 is 2.21 bits per heavy atom. The number of carbonyl (C=O) groups excluding carboxylic acids is 2. The third-order valence-corrected chi connectivity index (χ3v) is 5.66. The quantitative estimate of drug-likeness (QED) is 0.595. The first-order valence-electron chi connectivity index (χ1n) is 10.5. The summed E-state index contributed by atoms with van der Waals surface area (Å²) in [6.45, 7) is 6.32. The number of alkyl halides is 3. The lowest BCUT2D eigenvalue weighted by molar-refractivity contribution is -0.137. The molecule has 0 unspecified atom stereocenters. The third kappa shape index (κ3) is 6.37. The number of benzene rings is 1. The molecule has 0 radical (unpaired) electrons. The van der Waals surface area contributed by atoms with E-state index in [9.17, 15) is 22.8 Å². The molecule has 0 aliphatic carbocycles. The Morgan fingerprint density at radius 1 is 1.06 bits per heavy atom. The maximum atomic E-state index is 12.8. The molecule has 33 heavy (non-hydrogen) atoms. The summed E-state index contributed by atoms with van der Waals surface area (Å²) in [7, 11) is 0. The lowest BCUT2D eigenvalue weighted by Gasteiger charge is -2.32. The molecule has 0 atom stereocenters. The molecule has 178 valence electrons. The van der Waals surface area contributed by atoms with Crippen molar-refractivity contribution in [2.75, 3.05) is 28.6 Å². The van der Waals surface area contributed by atoms with Crippen LogP contribution in [0.15, 0.2) is 36.5 Å². The van der Waals surface area contributed by atoms with Crippen LogP contribution >= 0.6 is 11.6 Å². The summed E-state index contributed by atoms with van der Waals surface area (Å²) in [5.41, 5.74) is -0.281. The second-order valence-corrected chi connectivity index (χ2v) is 9.47. The average Bonchev–Trinajstić information content (AvgIpc) is 2.73. The zero-order chi connectivity index (χ0) is 24.4. The Labute approximate surface area is 195 Å². The van der Waals surface area contributed by atoms with Gasteiger partial charge in [0.1, 0.15) is 5.82 Å². The highest BCUT2D eigenvalue weighted by atomic mass is 35.5. The number of halogens is 4. The molecule has 10 heteroatoms. The summed E-state index contributed by atoms with van der Waals surface area (Å²) in [4.78, 5) is 30.6. The number of pyridine rings is 1. The molecule has 1 aromatic carbocycles. The number of hydrogen-bond donors (Lipinski definition) is 2. The first-order valence-corrected chi connectivity index (χ1v) is 10.9. The Bertz CT molecular complexity index is 1030. The van der Waals surface area contributed by atoms with Crippen molar-refractivity contribution in [1.82, 2.24) is 4.98 Å². The van der Waals surface area contributed by atoms with Crippen LogP contribution in [-0.2, 0) is 15.8 Å². The van der Waals surface area contributed by atoms with E-state index in [1.165, 1.54) is 0 Å². The van der Waals surface area contributed by atoms with E-state index in [1.807, 2.05) is 20.8 Å². The molecule has 1 aliphatic rings. The molecule has 2 aromatic rings. The number of carbonyl (C=O) groups is 2. The van der Waals surface area contributed by atoms with Gasteiger partial charge in [-0.05, 0) is 37.1 Å². The molecular weight excluding hydrogens is 457 g/mol. The molecule has 2 heterocycles. The molecule has 0 saturated carbocycles. The fourth-order valence-corrected chi connectivity index (χ4v) is 3.70. The van der Waals surface area contributed by atoms with Gasteiger partial charge >= 0.3 is 6.18 Å². The summed E-state index contributed by atoms with van der Waals surface area (Å²) in [6, 6.07) is 7.80. The maximum Gasteiger partial charge on any atom is 0.417 e. The highest BCUT2D eigenvalue weighted by Crippen LogP contribution is 2.34. The monoisotopic (exact) mass is 482 g/mol. The second-order valence-electron chi connectivity index (χ2n) is 9.06. The van der Waals surface area contributed by atoms with Gasteiger partial charge in [-0.3, -0.25) is 9.59 Å². The van der Waals surface area contributed by atoms with E-state index >= 15 is 0 Å². The van der Waals surface area contributed by atoms with Gasteiger partial charge in [0.2, 0.25) is 11.8 Å². The van der Waals surface area contributed by atoms with E-state index in [0.717, 1.165) is 12.3 Å². The van der Waals surface area contributed by atoms with Crippen molar-refractivity contribution in [1.29, 1.82) is 0 Å². The van der Waals surface area contributed by atoms with E-state index < -0.39 is 17.2 Å². The van der Waals surface area contributed by atoms with Gasteiger partial charge in [-0.15, -0.1) is 0 Å². The summed E-state index contributed by atoms with van der Waals surface area (Å²) < 4.78 is 38.5. The van der Waals surface area contributed by atoms with Gasteiger partial charge in [0, 0.05) is 42.0 Å². The van der Waals surface area contributed by atoms with Crippen LogP contribution < -0.4 is 15.5 Å². The first kappa shape index (κ1) is 24.8. The Kier molecular flexibility index (Phi) is 7.21. The predicted molar refractivity (Wildman–Crippen MR) is 122 cm³/mol. The molecule has 1 fully saturated rings. The third-order valence-electron chi connectivity index (χ3n) is 5.38. The lowest BCUT2D eigenvalue weighted by Crippen LogP contribution is -2.38. The van der Waals surface area contributed by atoms with Gasteiger partial charge in [-0.25, -0.2) is 4.98 Å². The fraction of sp³-hybridized carbons (Fsp3) is 0.435. The maximum absolute atomic E-state index is 12.8. The standard InChI is InChI=1S/C23H26ClF3N4O2/c1-22(2,3)21(33)30-17-6-4-5-16(12-17)29-20(32)14-7-9-31(10-8-14)19-18(24)11-15(13-28-19)23(25,26)27/h4-6,11-14H,7-10H2,1-3H3,(H,29,32)(H,30,33). The number of anilines is 3. The number of nitrogens with one attached hydrogen (secondary N) is 2. The Hall–Kier alpha value is -2.81. The zero-order valence-corrected chi connectivity index (χ0v) is 19.3. The number of rotatable bonds is 4. The van der Waals surface area contributed by atoms with Crippen LogP contribution in [0.3, 0.4) is 0 Å². The van der Waals surface area contributed by atoms with Crippen molar-refractivity contribution in [2.45, 2.75) is 39.8 Å². The van der Waals surface area contributed by atoms with Crippen molar-refractivity contribution in [3.05, 3.63) is 47.1 Å². The van der Waals surface area contributed by atoms with Crippen LogP contribution in [0.2, 0.25) is 5.02 Å². The van der Waals surface area contributed by atoms with Crippen LogP contribution in [0, 0.1) is 11.3 Å². The molecule has 0 bridgehead atoms. The minimum Gasteiger partial charge on any atom is -0.355 e. The van der Waals surface area contributed by atoms with Crippen molar-refractivity contribution >= 4 is 40.6 Å². The van der Waals surface area contributed by atoms with Crippen molar-refractivity contribution in [2.24, 2.45) is 11.3 Å². The zero-order valence-electron chi connectivity index (χ0n) is 18.6. The Balaban J connectivity index is 1.58. The van der Waals surface area contributed by atoms with Crippen LogP contribution in [0.25, 0.3) is 0 Å². The molecular formula is C23H26ClF3N4O2. The number of piperidine rings is 1. The minimum atomic E-state index is -4.51. The van der Waals surface area contributed by atoms with Gasteiger partial charge in [0.25, 0.3) is 0 Å². The summed E-state index contributed by atoms with van der Waals surface area (Å²) in [6.07, 6.45) is -2.73. The largest absolute Gasteiger partial charge is 0.417 e. The molecule has 1 saturated heterocycles. The van der Waals surface area contributed by atoms with E-state index in [0.29, 0.717) is 37.3 Å². The fourth-order valence-electron chi connectivity index (χ4n) is 3.41. The highest BCUT2D eigenvalue weighted by Gasteiger charge is 2.33. The lowest BCUT2D eigenvalue weighted by atomic mass is 9.95. The van der Waals surface area contributed by atoms with Crippen molar-refractivity contribution < 1.29 is 22.8 Å². The van der Waals surface area contributed by atoms with Gasteiger partial charge in [0.05, 0.1) is 10.6 Å². The van der Waals surface area contributed by atoms with Gasteiger partial charge < -0.3 is 15.5 Å². The average molecular weight is 483 g/mol. The number of nitrogens with zero attached hydrogens (tertiary/aromatic N) is 2. The minimum absolute atomic E-state index is 0.0677. The van der Waals surface area contributed by atoms with Gasteiger partial charge in [0.15, 0.2) is 0 Å².